The number of hydrogen-bond donors (Lipinski definition) is 0. The van der Waals surface area contributed by atoms with Crippen LogP contribution in [-0.2, 0) is 0 Å². The summed E-state index contributed by atoms with van der Waals surface area (Å²) in [4.78, 5) is 0. The molecular weight excluding hydrogens is 247 g/mol. The number of hydrogen-bond acceptors (Lipinski definition) is 0. The van der Waals surface area contributed by atoms with Crippen LogP contribution < -0.4 is 0 Å². The zero-order chi connectivity index (χ0) is 8.57. The molecule has 0 heterocycles. The minimum Gasteiger partial charge on any atom is -0.107 e. The molecule has 68 valence electrons. The SMILES string of the molecule is C=C(C)CCC(=C)C.CC.I. The molecule has 0 bridgehead atoms. The van der Waals surface area contributed by atoms with Crippen LogP contribution in [0.4, 0.5) is 0 Å². The van der Waals surface area contributed by atoms with Gasteiger partial charge < -0.3 is 0 Å². The van der Waals surface area contributed by atoms with E-state index in [9.17, 15) is 0 Å². The Kier molecular flexibility index (Phi) is 20.3. The zero-order valence-electron chi connectivity index (χ0n) is 8.24. The molecule has 0 nitrogen and oxygen atoms in total. The van der Waals surface area contributed by atoms with Crippen molar-refractivity contribution in [1.29, 1.82) is 0 Å². The summed E-state index contributed by atoms with van der Waals surface area (Å²) in [5.74, 6) is 0. The Morgan fingerprint density at radius 2 is 1.09 bits per heavy atom. The molecule has 0 amide bonds. The van der Waals surface area contributed by atoms with Crippen LogP contribution in [0.2, 0.25) is 0 Å². The molecule has 0 radical (unpaired) electrons. The Labute approximate surface area is 88.8 Å². The highest BCUT2D eigenvalue weighted by Crippen LogP contribution is 2.05. The molecule has 0 fully saturated rings. The van der Waals surface area contributed by atoms with E-state index >= 15 is 0 Å². The summed E-state index contributed by atoms with van der Waals surface area (Å²) in [6, 6.07) is 0. The summed E-state index contributed by atoms with van der Waals surface area (Å²) >= 11 is 0. The van der Waals surface area contributed by atoms with Crippen LogP contribution >= 0.6 is 24.0 Å². The van der Waals surface area contributed by atoms with Crippen molar-refractivity contribution in [2.45, 2.75) is 40.5 Å². The van der Waals surface area contributed by atoms with Crippen LogP contribution in [0.1, 0.15) is 40.5 Å². The van der Waals surface area contributed by atoms with Crippen molar-refractivity contribution in [1.82, 2.24) is 0 Å². The molecule has 0 aliphatic rings. The Balaban J connectivity index is -0.000000196. The van der Waals surface area contributed by atoms with Crippen molar-refractivity contribution in [3.63, 3.8) is 0 Å². The second kappa shape index (κ2) is 12.8. The van der Waals surface area contributed by atoms with Crippen LogP contribution in [0.3, 0.4) is 0 Å². The molecule has 0 aromatic heterocycles. The first kappa shape index (κ1) is 17.3. The number of rotatable bonds is 3. The molecule has 0 rings (SSSR count). The molecular formula is C10H21I. The third-order valence-electron chi connectivity index (χ3n) is 0.979. The van der Waals surface area contributed by atoms with Crippen molar-refractivity contribution in [3.8, 4) is 0 Å². The Bertz CT molecular complexity index is 89.4. The lowest BCUT2D eigenvalue weighted by molar-refractivity contribution is 0.933. The highest BCUT2D eigenvalue weighted by Gasteiger charge is 1.85. The molecule has 0 aliphatic carbocycles. The van der Waals surface area contributed by atoms with Gasteiger partial charge in [0.1, 0.15) is 0 Å². The average Bonchev–Trinajstić information content (AvgIpc) is 1.89. The van der Waals surface area contributed by atoms with Gasteiger partial charge in [0, 0.05) is 0 Å². The average molecular weight is 268 g/mol. The first-order chi connectivity index (χ1) is 4.63. The third-order valence-corrected chi connectivity index (χ3v) is 0.979. The molecule has 0 N–H and O–H groups in total. The summed E-state index contributed by atoms with van der Waals surface area (Å²) in [5, 5.41) is 0. The standard InChI is InChI=1S/C8H14.C2H6.HI/c1-7(2)5-6-8(3)4;1-2;/h1,3,5-6H2,2,4H3;1-2H3;1H. The van der Waals surface area contributed by atoms with Gasteiger partial charge in [0.25, 0.3) is 0 Å². The van der Waals surface area contributed by atoms with E-state index in [-0.39, 0.29) is 24.0 Å². The van der Waals surface area contributed by atoms with Crippen LogP contribution in [0.15, 0.2) is 24.3 Å². The predicted molar refractivity (Wildman–Crippen MR) is 65.6 cm³/mol. The molecule has 1 heteroatoms. The van der Waals surface area contributed by atoms with Crippen molar-refractivity contribution < 1.29 is 0 Å². The lowest BCUT2D eigenvalue weighted by Crippen LogP contribution is -1.75. The molecule has 0 unspecified atom stereocenters. The van der Waals surface area contributed by atoms with E-state index in [0.717, 1.165) is 12.8 Å². The van der Waals surface area contributed by atoms with Crippen LogP contribution in [0, 0.1) is 0 Å². The highest BCUT2D eigenvalue weighted by atomic mass is 127. The van der Waals surface area contributed by atoms with Gasteiger partial charge in [-0.15, -0.1) is 37.1 Å². The fourth-order valence-corrected chi connectivity index (χ4v) is 0.427. The maximum absolute atomic E-state index is 3.79. The van der Waals surface area contributed by atoms with Gasteiger partial charge in [-0.1, -0.05) is 25.0 Å². The molecule has 0 saturated carbocycles. The van der Waals surface area contributed by atoms with Gasteiger partial charge in [-0.3, -0.25) is 0 Å². The van der Waals surface area contributed by atoms with E-state index in [2.05, 4.69) is 13.2 Å². The lowest BCUT2D eigenvalue weighted by atomic mass is 10.1. The smallest absolute Gasteiger partial charge is 0.0289 e. The Morgan fingerprint density at radius 1 is 0.909 bits per heavy atom. The normalized spacial score (nSPS) is 6.91. The number of halogens is 1. The maximum atomic E-state index is 3.79. The largest absolute Gasteiger partial charge is 0.107 e. The molecule has 0 aromatic rings. The second-order valence-electron chi connectivity index (χ2n) is 2.41. The van der Waals surface area contributed by atoms with E-state index in [1.807, 2.05) is 27.7 Å². The van der Waals surface area contributed by atoms with Gasteiger partial charge in [0.05, 0.1) is 0 Å². The molecule has 0 spiro atoms. The quantitative estimate of drug-likeness (QED) is 0.520. The minimum absolute atomic E-state index is 0. The van der Waals surface area contributed by atoms with Crippen LogP contribution in [0.5, 0.6) is 0 Å². The van der Waals surface area contributed by atoms with E-state index in [0.29, 0.717) is 0 Å². The van der Waals surface area contributed by atoms with Crippen molar-refractivity contribution in [2.75, 3.05) is 0 Å². The summed E-state index contributed by atoms with van der Waals surface area (Å²) in [6.45, 7) is 15.7. The summed E-state index contributed by atoms with van der Waals surface area (Å²) in [7, 11) is 0. The van der Waals surface area contributed by atoms with E-state index in [1.165, 1.54) is 11.1 Å². The van der Waals surface area contributed by atoms with E-state index < -0.39 is 0 Å². The molecule has 0 atom stereocenters. The zero-order valence-corrected chi connectivity index (χ0v) is 10.6. The van der Waals surface area contributed by atoms with Gasteiger partial charge in [-0.25, -0.2) is 0 Å². The van der Waals surface area contributed by atoms with Gasteiger partial charge in [0.15, 0.2) is 0 Å². The second-order valence-corrected chi connectivity index (χ2v) is 2.41. The highest BCUT2D eigenvalue weighted by molar-refractivity contribution is 14.0. The van der Waals surface area contributed by atoms with Crippen molar-refractivity contribution in [3.05, 3.63) is 24.3 Å². The summed E-state index contributed by atoms with van der Waals surface area (Å²) < 4.78 is 0. The van der Waals surface area contributed by atoms with E-state index in [4.69, 9.17) is 0 Å². The first-order valence-corrected chi connectivity index (χ1v) is 3.91. The van der Waals surface area contributed by atoms with E-state index in [1.54, 1.807) is 0 Å². The maximum Gasteiger partial charge on any atom is -0.0289 e. The van der Waals surface area contributed by atoms with Crippen LogP contribution in [0.25, 0.3) is 0 Å². The van der Waals surface area contributed by atoms with Gasteiger partial charge >= 0.3 is 0 Å². The molecule has 11 heavy (non-hydrogen) atoms. The molecule has 0 saturated heterocycles. The topological polar surface area (TPSA) is 0 Å². The van der Waals surface area contributed by atoms with Gasteiger partial charge in [-0.2, -0.15) is 0 Å². The minimum atomic E-state index is 0. The predicted octanol–water partition coefficient (Wildman–Crippen LogP) is 4.56. The molecule has 0 aliphatic heterocycles. The first-order valence-electron chi connectivity index (χ1n) is 3.91. The van der Waals surface area contributed by atoms with Gasteiger partial charge in [0.2, 0.25) is 0 Å². The van der Waals surface area contributed by atoms with Crippen molar-refractivity contribution in [2.24, 2.45) is 0 Å². The Hall–Kier alpha value is 0.210. The molecule has 0 aromatic carbocycles. The fourth-order valence-electron chi connectivity index (χ4n) is 0.427. The monoisotopic (exact) mass is 268 g/mol. The Morgan fingerprint density at radius 3 is 1.18 bits per heavy atom. The van der Waals surface area contributed by atoms with Gasteiger partial charge in [-0.05, 0) is 26.7 Å². The van der Waals surface area contributed by atoms with Crippen molar-refractivity contribution >= 4 is 24.0 Å². The van der Waals surface area contributed by atoms with Crippen LogP contribution in [-0.4, -0.2) is 0 Å². The number of allylic oxidation sites excluding steroid dienone is 2. The third kappa shape index (κ3) is 25.4. The summed E-state index contributed by atoms with van der Waals surface area (Å²) in [5.41, 5.74) is 2.49. The lowest BCUT2D eigenvalue weighted by Gasteiger charge is -1.95. The fraction of sp³-hybridized carbons (Fsp3) is 0.600. The summed E-state index contributed by atoms with van der Waals surface area (Å²) in [6.07, 6.45) is 2.19.